The fourth-order valence-corrected chi connectivity index (χ4v) is 3.80. The zero-order valence-electron chi connectivity index (χ0n) is 14.7. The summed E-state index contributed by atoms with van der Waals surface area (Å²) in [6.07, 6.45) is -1.78. The van der Waals surface area contributed by atoms with Gasteiger partial charge in [0, 0.05) is 17.6 Å². The average Bonchev–Trinajstić information content (AvgIpc) is 2.49. The standard InChI is InChI=1S/C14H24O11P2/c1-4-13(15)24-6-12(7-25-14(16)10(2)3)23-5-11(8-26(17,18)19)9-27(20,21)22/h4,11-12H,1-2,5-9H2,3H3,(H2,17,18,19)(H2,20,21,22). The Kier molecular flexibility index (Phi) is 10.9. The van der Waals surface area contributed by atoms with Crippen LogP contribution in [-0.4, -0.2) is 69.8 Å². The Bertz CT molecular complexity index is 609. The van der Waals surface area contributed by atoms with Crippen molar-refractivity contribution in [2.24, 2.45) is 5.92 Å². The van der Waals surface area contributed by atoms with Crippen molar-refractivity contribution in [1.82, 2.24) is 0 Å². The van der Waals surface area contributed by atoms with Gasteiger partial charge in [-0.05, 0) is 6.92 Å². The van der Waals surface area contributed by atoms with Crippen LogP contribution in [0.1, 0.15) is 6.92 Å². The number of rotatable bonds is 13. The van der Waals surface area contributed by atoms with E-state index in [4.69, 9.17) is 33.8 Å². The Morgan fingerprint density at radius 2 is 1.48 bits per heavy atom. The molecule has 0 saturated carbocycles. The number of esters is 2. The van der Waals surface area contributed by atoms with E-state index >= 15 is 0 Å². The van der Waals surface area contributed by atoms with Crippen LogP contribution in [0.2, 0.25) is 0 Å². The van der Waals surface area contributed by atoms with Crippen LogP contribution in [-0.2, 0) is 32.9 Å². The number of hydrogen-bond donors (Lipinski definition) is 4. The van der Waals surface area contributed by atoms with Crippen LogP contribution in [0.15, 0.2) is 24.8 Å². The van der Waals surface area contributed by atoms with E-state index in [1.807, 2.05) is 0 Å². The van der Waals surface area contributed by atoms with Crippen molar-refractivity contribution in [1.29, 1.82) is 0 Å². The van der Waals surface area contributed by atoms with Crippen LogP contribution in [0.25, 0.3) is 0 Å². The van der Waals surface area contributed by atoms with Gasteiger partial charge in [0.2, 0.25) is 0 Å². The normalized spacial score (nSPS) is 13.1. The quantitative estimate of drug-likeness (QED) is 0.178. The van der Waals surface area contributed by atoms with Crippen LogP contribution in [0.4, 0.5) is 0 Å². The molecule has 0 aromatic heterocycles. The molecule has 0 rings (SSSR count). The van der Waals surface area contributed by atoms with Crippen molar-refractivity contribution in [2.75, 3.05) is 32.1 Å². The summed E-state index contributed by atoms with van der Waals surface area (Å²) in [6, 6.07) is 0. The molecule has 0 radical (unpaired) electrons. The Morgan fingerprint density at radius 3 is 1.89 bits per heavy atom. The molecular formula is C14H24O11P2. The molecule has 13 heteroatoms. The molecule has 0 heterocycles. The van der Waals surface area contributed by atoms with E-state index in [-0.39, 0.29) is 18.8 Å². The largest absolute Gasteiger partial charge is 0.460 e. The molecule has 11 nitrogen and oxygen atoms in total. The van der Waals surface area contributed by atoms with E-state index < -0.39 is 58.1 Å². The van der Waals surface area contributed by atoms with Crippen LogP contribution >= 0.6 is 15.2 Å². The fraction of sp³-hybridized carbons (Fsp3) is 0.571. The van der Waals surface area contributed by atoms with Crippen molar-refractivity contribution in [2.45, 2.75) is 13.0 Å². The number of carbonyl (C=O) groups is 2. The second kappa shape index (κ2) is 11.5. The maximum absolute atomic E-state index is 11.4. The molecule has 0 bridgehead atoms. The highest BCUT2D eigenvalue weighted by Gasteiger charge is 2.29. The third-order valence-electron chi connectivity index (χ3n) is 2.89. The van der Waals surface area contributed by atoms with Gasteiger partial charge in [0.25, 0.3) is 0 Å². The summed E-state index contributed by atoms with van der Waals surface area (Å²) in [6.45, 7) is 6.76. The molecule has 0 aromatic carbocycles. The van der Waals surface area contributed by atoms with E-state index in [9.17, 15) is 18.7 Å². The highest BCUT2D eigenvalue weighted by atomic mass is 31.2. The monoisotopic (exact) mass is 430 g/mol. The second-order valence-corrected chi connectivity index (χ2v) is 9.12. The summed E-state index contributed by atoms with van der Waals surface area (Å²) in [7, 11) is -9.13. The van der Waals surface area contributed by atoms with Crippen LogP contribution in [0, 0.1) is 5.92 Å². The average molecular weight is 430 g/mol. The van der Waals surface area contributed by atoms with Crippen molar-refractivity contribution >= 4 is 27.1 Å². The Balaban J connectivity index is 4.99. The molecule has 0 amide bonds. The van der Waals surface area contributed by atoms with Gasteiger partial charge >= 0.3 is 27.1 Å². The van der Waals surface area contributed by atoms with E-state index in [0.29, 0.717) is 0 Å². The molecule has 0 aromatic rings. The summed E-state index contributed by atoms with van der Waals surface area (Å²) >= 11 is 0. The van der Waals surface area contributed by atoms with Crippen molar-refractivity contribution in [3.8, 4) is 0 Å². The lowest BCUT2D eigenvalue weighted by atomic mass is 10.2. The predicted molar refractivity (Wildman–Crippen MR) is 94.0 cm³/mol. The van der Waals surface area contributed by atoms with Gasteiger partial charge < -0.3 is 33.8 Å². The number of hydrogen-bond acceptors (Lipinski definition) is 7. The second-order valence-electron chi connectivity index (χ2n) is 5.73. The van der Waals surface area contributed by atoms with Gasteiger partial charge in [0.1, 0.15) is 19.3 Å². The number of carbonyl (C=O) groups excluding carboxylic acids is 2. The lowest BCUT2D eigenvalue weighted by Crippen LogP contribution is -2.31. The maximum atomic E-state index is 11.4. The summed E-state index contributed by atoms with van der Waals surface area (Å²) in [5.41, 5.74) is 0.109. The van der Waals surface area contributed by atoms with Crippen LogP contribution < -0.4 is 0 Å². The molecule has 0 aliphatic heterocycles. The third kappa shape index (κ3) is 14.4. The van der Waals surface area contributed by atoms with E-state index in [1.54, 1.807) is 0 Å². The van der Waals surface area contributed by atoms with Gasteiger partial charge in [-0.25, -0.2) is 9.59 Å². The highest BCUT2D eigenvalue weighted by molar-refractivity contribution is 7.52. The molecule has 4 N–H and O–H groups in total. The first-order valence-electron chi connectivity index (χ1n) is 7.56. The minimum absolute atomic E-state index is 0.109. The van der Waals surface area contributed by atoms with Gasteiger partial charge in [-0.1, -0.05) is 13.2 Å². The zero-order chi connectivity index (χ0) is 21.3. The van der Waals surface area contributed by atoms with Crippen LogP contribution in [0.3, 0.4) is 0 Å². The predicted octanol–water partition coefficient (Wildman–Crippen LogP) is 0.192. The van der Waals surface area contributed by atoms with Gasteiger partial charge in [-0.3, -0.25) is 9.13 Å². The third-order valence-corrected chi connectivity index (χ3v) is 4.87. The highest BCUT2D eigenvalue weighted by Crippen LogP contribution is 2.43. The Hall–Kier alpha value is -1.32. The summed E-state index contributed by atoms with van der Waals surface area (Å²) < 4.78 is 37.3. The van der Waals surface area contributed by atoms with Crippen LogP contribution in [0.5, 0.6) is 0 Å². The minimum atomic E-state index is -4.57. The summed E-state index contributed by atoms with van der Waals surface area (Å²) in [5, 5.41) is 0. The van der Waals surface area contributed by atoms with Crippen molar-refractivity contribution in [3.05, 3.63) is 24.8 Å². The fourth-order valence-electron chi connectivity index (χ4n) is 1.78. The zero-order valence-corrected chi connectivity index (χ0v) is 16.5. The lowest BCUT2D eigenvalue weighted by molar-refractivity contribution is -0.150. The molecule has 0 fully saturated rings. The van der Waals surface area contributed by atoms with Gasteiger partial charge in [0.15, 0.2) is 0 Å². The van der Waals surface area contributed by atoms with E-state index in [2.05, 4.69) is 13.2 Å². The topological polar surface area (TPSA) is 177 Å². The molecule has 0 saturated heterocycles. The molecule has 27 heavy (non-hydrogen) atoms. The first kappa shape index (κ1) is 25.7. The molecule has 156 valence electrons. The lowest BCUT2D eigenvalue weighted by Gasteiger charge is -2.22. The first-order chi connectivity index (χ1) is 12.2. The smallest absolute Gasteiger partial charge is 0.333 e. The van der Waals surface area contributed by atoms with Crippen molar-refractivity contribution < 1.29 is 52.5 Å². The Morgan fingerprint density at radius 1 is 1.00 bits per heavy atom. The SMILES string of the molecule is C=CC(=O)OCC(COC(=O)C(=C)C)OCC(CP(=O)(O)O)CP(=O)(O)O. The molecule has 0 spiro atoms. The van der Waals surface area contributed by atoms with Gasteiger partial charge in [0.05, 0.1) is 18.9 Å². The Labute approximate surface area is 156 Å². The van der Waals surface area contributed by atoms with Gasteiger partial charge in [-0.2, -0.15) is 0 Å². The maximum Gasteiger partial charge on any atom is 0.333 e. The number of ether oxygens (including phenoxy) is 3. The van der Waals surface area contributed by atoms with Gasteiger partial charge in [-0.15, -0.1) is 0 Å². The first-order valence-corrected chi connectivity index (χ1v) is 11.2. The molecular weight excluding hydrogens is 406 g/mol. The molecule has 0 aliphatic carbocycles. The minimum Gasteiger partial charge on any atom is -0.460 e. The van der Waals surface area contributed by atoms with E-state index in [1.165, 1.54) is 6.92 Å². The molecule has 1 atom stereocenters. The van der Waals surface area contributed by atoms with Crippen molar-refractivity contribution in [3.63, 3.8) is 0 Å². The summed E-state index contributed by atoms with van der Waals surface area (Å²) in [5.74, 6) is -2.70. The van der Waals surface area contributed by atoms with E-state index in [0.717, 1.165) is 6.08 Å². The summed E-state index contributed by atoms with van der Waals surface area (Å²) in [4.78, 5) is 58.8. The molecule has 0 aliphatic rings. The molecule has 1 unspecified atom stereocenters.